The van der Waals surface area contributed by atoms with Crippen LogP contribution in [-0.2, 0) is 0 Å². The topological polar surface area (TPSA) is 20.3 Å². The molecule has 1 aliphatic heterocycles. The van der Waals surface area contributed by atoms with Crippen LogP contribution in [0.2, 0.25) is 0 Å². The van der Waals surface area contributed by atoms with E-state index in [-0.39, 0.29) is 0 Å². The number of halogens is 1. The summed E-state index contributed by atoms with van der Waals surface area (Å²) in [6, 6.07) is 5.85. The van der Waals surface area contributed by atoms with E-state index in [1.54, 1.807) is 0 Å². The van der Waals surface area contributed by atoms with Crippen LogP contribution in [0.4, 0.5) is 5.69 Å². The van der Waals surface area contributed by atoms with E-state index in [0.29, 0.717) is 0 Å². The van der Waals surface area contributed by atoms with E-state index < -0.39 is 0 Å². The highest BCUT2D eigenvalue weighted by Crippen LogP contribution is 2.28. The van der Waals surface area contributed by atoms with Gasteiger partial charge in [0.15, 0.2) is 0 Å². The molecule has 0 spiro atoms. The lowest BCUT2D eigenvalue weighted by molar-refractivity contribution is 0.112. The molecule has 0 atom stereocenters. The van der Waals surface area contributed by atoms with E-state index in [1.165, 1.54) is 37.8 Å². The molecule has 92 valence electrons. The Morgan fingerprint density at radius 2 is 1.71 bits per heavy atom. The summed E-state index contributed by atoms with van der Waals surface area (Å²) >= 11 is 3.57. The minimum absolute atomic E-state index is 0.729. The molecule has 0 radical (unpaired) electrons. The van der Waals surface area contributed by atoms with Gasteiger partial charge in [-0.05, 0) is 47.0 Å². The maximum atomic E-state index is 10.7. The Labute approximate surface area is 111 Å². The van der Waals surface area contributed by atoms with Crippen LogP contribution in [0, 0.1) is 0 Å². The average molecular weight is 296 g/mol. The molecule has 1 fully saturated rings. The molecule has 1 aliphatic rings. The fourth-order valence-electron chi connectivity index (χ4n) is 2.34. The van der Waals surface area contributed by atoms with Gasteiger partial charge in [0.1, 0.15) is 6.29 Å². The molecule has 0 N–H and O–H groups in total. The van der Waals surface area contributed by atoms with Crippen LogP contribution in [0.5, 0.6) is 0 Å². The maximum Gasteiger partial charge on any atom is 0.150 e. The van der Waals surface area contributed by atoms with Gasteiger partial charge in [0, 0.05) is 23.1 Å². The number of anilines is 1. The predicted molar refractivity (Wildman–Crippen MR) is 74.8 cm³/mol. The number of carbonyl (C=O) groups is 1. The largest absolute Gasteiger partial charge is 0.371 e. The first-order valence-electron chi connectivity index (χ1n) is 6.31. The van der Waals surface area contributed by atoms with Gasteiger partial charge in [-0.15, -0.1) is 0 Å². The molecule has 0 aromatic heterocycles. The van der Waals surface area contributed by atoms with Crippen LogP contribution in [0.3, 0.4) is 0 Å². The number of hydrogen-bond donors (Lipinski definition) is 0. The molecule has 0 saturated carbocycles. The van der Waals surface area contributed by atoms with Gasteiger partial charge >= 0.3 is 0 Å². The van der Waals surface area contributed by atoms with Crippen molar-refractivity contribution in [2.75, 3.05) is 18.0 Å². The summed E-state index contributed by atoms with van der Waals surface area (Å²) in [4.78, 5) is 13.1. The van der Waals surface area contributed by atoms with Crippen LogP contribution in [0.25, 0.3) is 0 Å². The molecular formula is C14H18BrNO. The van der Waals surface area contributed by atoms with Crippen molar-refractivity contribution in [3.63, 3.8) is 0 Å². The molecule has 1 saturated heterocycles. The number of carbonyl (C=O) groups excluding carboxylic acids is 1. The van der Waals surface area contributed by atoms with E-state index >= 15 is 0 Å². The van der Waals surface area contributed by atoms with Crippen molar-refractivity contribution in [3.8, 4) is 0 Å². The van der Waals surface area contributed by atoms with Gasteiger partial charge in [-0.2, -0.15) is 0 Å². The zero-order chi connectivity index (χ0) is 12.1. The molecule has 1 heterocycles. The molecule has 2 nitrogen and oxygen atoms in total. The van der Waals surface area contributed by atoms with Crippen molar-refractivity contribution >= 4 is 27.9 Å². The first-order chi connectivity index (χ1) is 8.31. The zero-order valence-electron chi connectivity index (χ0n) is 9.99. The van der Waals surface area contributed by atoms with Crippen LogP contribution < -0.4 is 4.90 Å². The Kier molecular flexibility index (Phi) is 4.60. The quantitative estimate of drug-likeness (QED) is 0.768. The minimum Gasteiger partial charge on any atom is -0.371 e. The third-order valence-corrected chi connectivity index (χ3v) is 3.94. The highest BCUT2D eigenvalue weighted by atomic mass is 79.9. The summed E-state index contributed by atoms with van der Waals surface area (Å²) < 4.78 is 1.03. The summed E-state index contributed by atoms with van der Waals surface area (Å²) in [6.07, 6.45) is 7.46. The molecule has 0 aliphatic carbocycles. The third kappa shape index (κ3) is 3.32. The second-order valence-electron chi connectivity index (χ2n) is 4.58. The van der Waals surface area contributed by atoms with Crippen molar-refractivity contribution < 1.29 is 4.79 Å². The second-order valence-corrected chi connectivity index (χ2v) is 5.44. The number of aldehydes is 1. The lowest BCUT2D eigenvalue weighted by Crippen LogP contribution is -2.27. The fourth-order valence-corrected chi connectivity index (χ4v) is 2.99. The lowest BCUT2D eigenvalue weighted by atomic mass is 10.1. The number of hydrogen-bond acceptors (Lipinski definition) is 2. The highest BCUT2D eigenvalue weighted by Gasteiger charge is 2.12. The maximum absolute atomic E-state index is 10.7. The van der Waals surface area contributed by atoms with E-state index in [2.05, 4.69) is 26.9 Å². The Morgan fingerprint density at radius 3 is 2.29 bits per heavy atom. The Bertz CT molecular complexity index is 384. The van der Waals surface area contributed by atoms with Crippen LogP contribution in [-0.4, -0.2) is 19.4 Å². The molecule has 0 unspecified atom stereocenters. The highest BCUT2D eigenvalue weighted by molar-refractivity contribution is 9.10. The van der Waals surface area contributed by atoms with Crippen molar-refractivity contribution in [2.24, 2.45) is 0 Å². The van der Waals surface area contributed by atoms with Crippen LogP contribution in [0.1, 0.15) is 42.5 Å². The van der Waals surface area contributed by atoms with Crippen molar-refractivity contribution in [2.45, 2.75) is 32.1 Å². The van der Waals surface area contributed by atoms with Gasteiger partial charge in [-0.1, -0.05) is 19.3 Å². The molecule has 2 rings (SSSR count). The summed E-state index contributed by atoms with van der Waals surface area (Å²) in [5.41, 5.74) is 1.95. The first kappa shape index (κ1) is 12.6. The summed E-state index contributed by atoms with van der Waals surface area (Å²) in [6.45, 7) is 2.25. The molecule has 1 aromatic carbocycles. The molecule has 0 amide bonds. The van der Waals surface area contributed by atoms with E-state index in [4.69, 9.17) is 0 Å². The van der Waals surface area contributed by atoms with Crippen molar-refractivity contribution in [1.82, 2.24) is 0 Å². The molecule has 0 bridgehead atoms. The normalized spacial score (nSPS) is 17.4. The van der Waals surface area contributed by atoms with Gasteiger partial charge in [-0.3, -0.25) is 4.79 Å². The predicted octanol–water partition coefficient (Wildman–Crippen LogP) is 4.03. The van der Waals surface area contributed by atoms with Gasteiger partial charge in [0.2, 0.25) is 0 Å². The molecule has 17 heavy (non-hydrogen) atoms. The van der Waals surface area contributed by atoms with Crippen molar-refractivity contribution in [3.05, 3.63) is 28.2 Å². The Morgan fingerprint density at radius 1 is 1.06 bits per heavy atom. The lowest BCUT2D eigenvalue weighted by Gasteiger charge is -2.27. The van der Waals surface area contributed by atoms with Gasteiger partial charge in [0.05, 0.1) is 5.69 Å². The monoisotopic (exact) mass is 295 g/mol. The third-order valence-electron chi connectivity index (χ3n) is 3.30. The average Bonchev–Trinajstić information content (AvgIpc) is 2.29. The zero-order valence-corrected chi connectivity index (χ0v) is 11.6. The first-order valence-corrected chi connectivity index (χ1v) is 7.10. The standard InChI is InChI=1S/C14H18BrNO/c15-13-10-12(11-17)6-7-14(13)16-8-4-2-1-3-5-9-16/h6-7,10-11H,1-5,8-9H2. The van der Waals surface area contributed by atoms with Gasteiger partial charge in [0.25, 0.3) is 0 Å². The number of rotatable bonds is 2. The molecular weight excluding hydrogens is 278 g/mol. The van der Waals surface area contributed by atoms with E-state index in [1.807, 2.05) is 12.1 Å². The summed E-state index contributed by atoms with van der Waals surface area (Å²) in [7, 11) is 0. The molecule has 1 aromatic rings. The van der Waals surface area contributed by atoms with Crippen LogP contribution >= 0.6 is 15.9 Å². The van der Waals surface area contributed by atoms with Gasteiger partial charge in [-0.25, -0.2) is 0 Å². The summed E-state index contributed by atoms with van der Waals surface area (Å²) in [5.74, 6) is 0. The number of nitrogens with zero attached hydrogens (tertiary/aromatic N) is 1. The minimum atomic E-state index is 0.729. The van der Waals surface area contributed by atoms with E-state index in [0.717, 1.165) is 29.4 Å². The Hall–Kier alpha value is -0.830. The van der Waals surface area contributed by atoms with E-state index in [9.17, 15) is 4.79 Å². The fraction of sp³-hybridized carbons (Fsp3) is 0.500. The van der Waals surface area contributed by atoms with Crippen LogP contribution in [0.15, 0.2) is 22.7 Å². The number of benzene rings is 1. The molecule has 3 heteroatoms. The SMILES string of the molecule is O=Cc1ccc(N2CCCCCCC2)c(Br)c1. The summed E-state index contributed by atoms with van der Waals surface area (Å²) in [5, 5.41) is 0. The van der Waals surface area contributed by atoms with Gasteiger partial charge < -0.3 is 4.90 Å². The second kappa shape index (κ2) is 6.20. The van der Waals surface area contributed by atoms with Crippen molar-refractivity contribution in [1.29, 1.82) is 0 Å². The smallest absolute Gasteiger partial charge is 0.150 e. The Balaban J connectivity index is 2.16.